The van der Waals surface area contributed by atoms with Gasteiger partial charge in [-0.05, 0) is 36.1 Å². The smallest absolute Gasteiger partial charge is 0.0227 e. The highest BCUT2D eigenvalue weighted by molar-refractivity contribution is 7.21. The Morgan fingerprint density at radius 2 is 0.950 bits per heavy atom. The van der Waals surface area contributed by atoms with Gasteiger partial charge < -0.3 is 0 Å². The second-order valence-corrected chi connectivity index (χ2v) is 5.10. The number of rotatable bonds is 2. The van der Waals surface area contributed by atoms with Gasteiger partial charge >= 0.3 is 0 Å². The second-order valence-electron chi connectivity index (χ2n) is 4.43. The maximum atomic E-state index is 2.61. The van der Waals surface area contributed by atoms with Crippen LogP contribution in [0.2, 0.25) is 0 Å². The van der Waals surface area contributed by atoms with E-state index in [4.69, 9.17) is 0 Å². The summed E-state index contributed by atoms with van der Waals surface area (Å²) in [4.78, 5) is 0. The lowest BCUT2D eigenvalue weighted by Crippen LogP contribution is -1.74. The summed E-state index contributed by atoms with van der Waals surface area (Å²) in [5.41, 5.74) is 5.17. The Morgan fingerprint density at radius 1 is 0.650 bits per heavy atom. The Kier molecular flexibility index (Phi) is 8.12. The lowest BCUT2D eigenvalue weighted by atomic mass is 10.1. The molecule has 0 amide bonds. The van der Waals surface area contributed by atoms with Crippen LogP contribution in [0.1, 0.15) is 25.0 Å². The van der Waals surface area contributed by atoms with Gasteiger partial charge in [-0.1, -0.05) is 72.3 Å². The van der Waals surface area contributed by atoms with Crippen molar-refractivity contribution in [3.63, 3.8) is 0 Å². The van der Waals surface area contributed by atoms with E-state index >= 15 is 0 Å². The fourth-order valence-corrected chi connectivity index (χ4v) is 1.98. The molecule has 0 N–H and O–H groups in total. The lowest BCUT2D eigenvalue weighted by molar-refractivity contribution is 1.58. The Morgan fingerprint density at radius 3 is 1.20 bits per heavy atom. The summed E-state index contributed by atoms with van der Waals surface area (Å²) in [5.74, 6) is 4.07. The molecule has 0 aromatic heterocycles. The van der Waals surface area contributed by atoms with Gasteiger partial charge in [0.1, 0.15) is 0 Å². The van der Waals surface area contributed by atoms with Crippen molar-refractivity contribution in [3.05, 3.63) is 83.4 Å². The molecule has 0 bridgehead atoms. The monoisotopic (exact) mass is 300 g/mol. The van der Waals surface area contributed by atoms with E-state index in [1.807, 2.05) is 48.0 Å². The first-order valence-electron chi connectivity index (χ1n) is 6.57. The van der Waals surface area contributed by atoms with Crippen molar-refractivity contribution < 1.29 is 0 Å². The van der Waals surface area contributed by atoms with Crippen LogP contribution >= 0.6 is 18.5 Å². The number of hydrogen-bond acceptors (Lipinski definition) is 0. The molecular weight excluding hydrogens is 278 g/mol. The van der Waals surface area contributed by atoms with Crippen LogP contribution in [0, 0.1) is 0 Å². The molecule has 20 heavy (non-hydrogen) atoms. The normalized spacial score (nSPS) is 11.6. The molecule has 0 aliphatic rings. The fraction of sp³-hybridized carbons (Fsp3) is 0.111. The lowest BCUT2D eigenvalue weighted by Gasteiger charge is -1.97. The van der Waals surface area contributed by atoms with Crippen LogP contribution in [0.15, 0.2) is 72.3 Å². The largest absolute Gasteiger partial charge is 0.113 e. The molecule has 0 saturated heterocycles. The predicted octanol–water partition coefficient (Wildman–Crippen LogP) is 5.85. The molecular formula is C18H22P2. The average Bonchev–Trinajstić information content (AvgIpc) is 2.55. The average molecular weight is 300 g/mol. The van der Waals surface area contributed by atoms with E-state index < -0.39 is 0 Å². The quantitative estimate of drug-likeness (QED) is 0.611. The number of allylic oxidation sites excluding steroid dienone is 2. The highest BCUT2D eigenvalue weighted by atomic mass is 31.0. The molecule has 0 nitrogen and oxygen atoms in total. The molecule has 2 unspecified atom stereocenters. The zero-order valence-corrected chi connectivity index (χ0v) is 14.4. The van der Waals surface area contributed by atoms with Crippen molar-refractivity contribution in [2.24, 2.45) is 0 Å². The molecule has 0 saturated carbocycles. The van der Waals surface area contributed by atoms with Gasteiger partial charge in [0.2, 0.25) is 0 Å². The van der Waals surface area contributed by atoms with E-state index in [0.29, 0.717) is 0 Å². The molecule has 2 atom stereocenters. The minimum absolute atomic E-state index is 1.29. The van der Waals surface area contributed by atoms with Crippen LogP contribution in [0.5, 0.6) is 0 Å². The Balaban J connectivity index is 0.000000200. The van der Waals surface area contributed by atoms with Crippen molar-refractivity contribution in [2.45, 2.75) is 13.8 Å². The molecule has 0 fully saturated rings. The van der Waals surface area contributed by atoms with E-state index in [1.54, 1.807) is 0 Å². The highest BCUT2D eigenvalue weighted by Gasteiger charge is 1.89. The molecule has 2 heteroatoms. The minimum Gasteiger partial charge on any atom is -0.113 e. The molecule has 0 aliphatic carbocycles. The molecule has 2 rings (SSSR count). The fourth-order valence-electron chi connectivity index (χ4n) is 1.59. The third-order valence-electron chi connectivity index (χ3n) is 2.96. The van der Waals surface area contributed by atoms with Gasteiger partial charge in [-0.2, -0.15) is 0 Å². The maximum absolute atomic E-state index is 2.61. The predicted molar refractivity (Wildman–Crippen MR) is 99.6 cm³/mol. The number of benzene rings is 2. The molecule has 2 aromatic rings. The zero-order chi connectivity index (χ0) is 14.8. The summed E-state index contributed by atoms with van der Waals surface area (Å²) >= 11 is 0. The number of hydrogen-bond donors (Lipinski definition) is 0. The van der Waals surface area contributed by atoms with Crippen LogP contribution in [-0.2, 0) is 0 Å². The Hall–Kier alpha value is -1.22. The van der Waals surface area contributed by atoms with Crippen molar-refractivity contribution in [3.8, 4) is 0 Å². The standard InChI is InChI=1S/2C9H11P/c2*1-8(7-10)9-5-3-2-4-6-9/h2*2-7H,10H2,1H3. The first kappa shape index (κ1) is 16.8. The topological polar surface area (TPSA) is 0 Å². The van der Waals surface area contributed by atoms with Gasteiger partial charge in [-0.15, -0.1) is 18.5 Å². The molecule has 0 spiro atoms. The Labute approximate surface area is 127 Å². The summed E-state index contributed by atoms with van der Waals surface area (Å²) in [5, 5.41) is 0. The van der Waals surface area contributed by atoms with E-state index in [2.05, 4.69) is 56.6 Å². The van der Waals surface area contributed by atoms with Crippen LogP contribution in [-0.4, -0.2) is 0 Å². The first-order chi connectivity index (χ1) is 9.69. The summed E-state index contributed by atoms with van der Waals surface area (Å²) in [6, 6.07) is 20.7. The second kappa shape index (κ2) is 9.65. The van der Waals surface area contributed by atoms with Crippen LogP contribution in [0.3, 0.4) is 0 Å². The molecule has 0 heterocycles. The van der Waals surface area contributed by atoms with Crippen molar-refractivity contribution in [1.82, 2.24) is 0 Å². The van der Waals surface area contributed by atoms with Gasteiger partial charge in [0.15, 0.2) is 0 Å². The van der Waals surface area contributed by atoms with E-state index in [9.17, 15) is 0 Å². The van der Waals surface area contributed by atoms with Gasteiger partial charge in [-0.3, -0.25) is 0 Å². The van der Waals surface area contributed by atoms with Gasteiger partial charge in [0.25, 0.3) is 0 Å². The van der Waals surface area contributed by atoms with E-state index in [-0.39, 0.29) is 0 Å². The third-order valence-corrected chi connectivity index (χ3v) is 3.96. The van der Waals surface area contributed by atoms with E-state index in [0.717, 1.165) is 0 Å². The first-order valence-corrected chi connectivity index (χ1v) is 7.90. The molecule has 104 valence electrons. The van der Waals surface area contributed by atoms with Crippen LogP contribution in [0.25, 0.3) is 11.1 Å². The minimum atomic E-state index is 1.29. The molecule has 0 radical (unpaired) electrons. The van der Waals surface area contributed by atoms with Crippen molar-refractivity contribution in [2.75, 3.05) is 0 Å². The summed E-state index contributed by atoms with van der Waals surface area (Å²) < 4.78 is 0. The Bertz CT molecular complexity index is 501. The van der Waals surface area contributed by atoms with Crippen LogP contribution < -0.4 is 0 Å². The van der Waals surface area contributed by atoms with Gasteiger partial charge in [0.05, 0.1) is 0 Å². The summed E-state index contributed by atoms with van der Waals surface area (Å²) in [6.45, 7) is 4.20. The van der Waals surface area contributed by atoms with Crippen molar-refractivity contribution >= 4 is 29.6 Å². The summed E-state index contributed by atoms with van der Waals surface area (Å²) in [6.07, 6.45) is 0. The molecule has 2 aromatic carbocycles. The third kappa shape index (κ3) is 5.83. The maximum Gasteiger partial charge on any atom is -0.0227 e. The van der Waals surface area contributed by atoms with Gasteiger partial charge in [-0.25, -0.2) is 0 Å². The molecule has 0 aliphatic heterocycles. The van der Waals surface area contributed by atoms with E-state index in [1.165, 1.54) is 22.3 Å². The van der Waals surface area contributed by atoms with Crippen LogP contribution in [0.4, 0.5) is 0 Å². The SMILES string of the molecule is CC(=CP)c1ccccc1.CC(=CP)c1ccccc1. The van der Waals surface area contributed by atoms with Gasteiger partial charge in [0, 0.05) is 0 Å². The van der Waals surface area contributed by atoms with Crippen molar-refractivity contribution in [1.29, 1.82) is 0 Å². The summed E-state index contributed by atoms with van der Waals surface area (Å²) in [7, 11) is 5.21. The zero-order valence-electron chi connectivity index (χ0n) is 12.1. The highest BCUT2D eigenvalue weighted by Crippen LogP contribution is 2.14.